The number of piperazine rings is 1. The maximum atomic E-state index is 12.3. The Morgan fingerprint density at radius 3 is 2.44 bits per heavy atom. The van der Waals surface area contributed by atoms with Crippen LogP contribution in [0.1, 0.15) is 30.8 Å². The van der Waals surface area contributed by atoms with Crippen LogP contribution in [0.3, 0.4) is 0 Å². The molecule has 2 aromatic rings. The number of H-pyrrole nitrogens is 1. The SMILES string of the molecule is CCCS(=O)(=O)N1CCN(C(c2ccc(Cl)cc2)c2nnn[nH]2)CC1. The summed E-state index contributed by atoms with van der Waals surface area (Å²) in [5.74, 6) is 0.826. The molecule has 1 atom stereocenters. The highest BCUT2D eigenvalue weighted by Gasteiger charge is 2.32. The van der Waals surface area contributed by atoms with Crippen LogP contribution >= 0.6 is 11.6 Å². The van der Waals surface area contributed by atoms with E-state index in [2.05, 4.69) is 25.5 Å². The van der Waals surface area contributed by atoms with Crippen molar-refractivity contribution in [1.29, 1.82) is 0 Å². The van der Waals surface area contributed by atoms with Gasteiger partial charge in [0.15, 0.2) is 5.82 Å². The summed E-state index contributed by atoms with van der Waals surface area (Å²) in [5, 5.41) is 14.9. The second-order valence-electron chi connectivity index (χ2n) is 5.99. The van der Waals surface area contributed by atoms with Crippen molar-refractivity contribution < 1.29 is 8.42 Å². The van der Waals surface area contributed by atoms with Crippen molar-refractivity contribution in [2.24, 2.45) is 0 Å². The van der Waals surface area contributed by atoms with E-state index in [-0.39, 0.29) is 11.8 Å². The van der Waals surface area contributed by atoms with Crippen LogP contribution in [0.5, 0.6) is 0 Å². The fraction of sp³-hybridized carbons (Fsp3) is 0.533. The molecule has 0 spiro atoms. The van der Waals surface area contributed by atoms with Gasteiger partial charge >= 0.3 is 0 Å². The Morgan fingerprint density at radius 1 is 1.20 bits per heavy atom. The zero-order chi connectivity index (χ0) is 17.9. The molecule has 1 unspecified atom stereocenters. The summed E-state index contributed by atoms with van der Waals surface area (Å²) in [7, 11) is -3.17. The Morgan fingerprint density at radius 2 is 1.88 bits per heavy atom. The smallest absolute Gasteiger partial charge is 0.214 e. The van der Waals surface area contributed by atoms with Gasteiger partial charge in [-0.25, -0.2) is 13.5 Å². The largest absolute Gasteiger partial charge is 0.287 e. The predicted octanol–water partition coefficient (Wildman–Crippen LogP) is 1.30. The molecule has 10 heteroatoms. The van der Waals surface area contributed by atoms with Crippen molar-refractivity contribution in [2.45, 2.75) is 19.4 Å². The molecule has 0 bridgehead atoms. The van der Waals surface area contributed by atoms with Crippen molar-refractivity contribution in [3.8, 4) is 0 Å². The number of hydrogen-bond donors (Lipinski definition) is 1. The normalized spacial score (nSPS) is 18.3. The van der Waals surface area contributed by atoms with Crippen LogP contribution in [0.2, 0.25) is 5.02 Å². The van der Waals surface area contributed by atoms with Crippen molar-refractivity contribution in [3.05, 3.63) is 40.7 Å². The lowest BCUT2D eigenvalue weighted by Crippen LogP contribution is -2.50. The van der Waals surface area contributed by atoms with Crippen molar-refractivity contribution >= 4 is 21.6 Å². The third kappa shape index (κ3) is 4.17. The van der Waals surface area contributed by atoms with Gasteiger partial charge in [0.05, 0.1) is 11.8 Å². The third-order valence-electron chi connectivity index (χ3n) is 4.30. The highest BCUT2D eigenvalue weighted by Crippen LogP contribution is 2.28. The van der Waals surface area contributed by atoms with Crippen LogP contribution in [0, 0.1) is 0 Å². The molecule has 2 heterocycles. The number of tetrazole rings is 1. The van der Waals surface area contributed by atoms with Gasteiger partial charge in [0, 0.05) is 31.2 Å². The predicted molar refractivity (Wildman–Crippen MR) is 94.7 cm³/mol. The molecule has 136 valence electrons. The number of rotatable bonds is 6. The third-order valence-corrected chi connectivity index (χ3v) is 6.63. The molecule has 0 saturated carbocycles. The summed E-state index contributed by atoms with van der Waals surface area (Å²) in [6.45, 7) is 4.02. The molecule has 0 radical (unpaired) electrons. The first-order valence-electron chi connectivity index (χ1n) is 8.22. The summed E-state index contributed by atoms with van der Waals surface area (Å²) in [6.07, 6.45) is 0.625. The van der Waals surface area contributed by atoms with Gasteiger partial charge in [-0.3, -0.25) is 4.90 Å². The Balaban J connectivity index is 1.79. The molecule has 1 N–H and O–H groups in total. The first-order chi connectivity index (χ1) is 12.0. The summed E-state index contributed by atoms with van der Waals surface area (Å²) in [5.41, 5.74) is 1.01. The van der Waals surface area contributed by atoms with Crippen molar-refractivity contribution in [3.63, 3.8) is 0 Å². The van der Waals surface area contributed by atoms with E-state index in [1.807, 2.05) is 31.2 Å². The number of benzene rings is 1. The summed E-state index contributed by atoms with van der Waals surface area (Å²) >= 11 is 5.99. The van der Waals surface area contributed by atoms with Crippen LogP contribution in [0.15, 0.2) is 24.3 Å². The number of hydrogen-bond acceptors (Lipinski definition) is 6. The highest BCUT2D eigenvalue weighted by atomic mass is 35.5. The van der Waals surface area contributed by atoms with Gasteiger partial charge in [-0.15, -0.1) is 5.10 Å². The number of aromatic nitrogens is 4. The second-order valence-corrected chi connectivity index (χ2v) is 8.52. The lowest BCUT2D eigenvalue weighted by atomic mass is 10.0. The van der Waals surface area contributed by atoms with Gasteiger partial charge in [-0.1, -0.05) is 30.7 Å². The molecule has 8 nitrogen and oxygen atoms in total. The highest BCUT2D eigenvalue weighted by molar-refractivity contribution is 7.89. The van der Waals surface area contributed by atoms with E-state index < -0.39 is 10.0 Å². The van der Waals surface area contributed by atoms with E-state index >= 15 is 0 Å². The van der Waals surface area contributed by atoms with Gasteiger partial charge in [-0.2, -0.15) is 4.31 Å². The van der Waals surface area contributed by atoms with E-state index in [0.29, 0.717) is 43.4 Å². The molecule has 3 rings (SSSR count). The zero-order valence-corrected chi connectivity index (χ0v) is 15.5. The number of aromatic amines is 1. The molecule has 1 aromatic carbocycles. The van der Waals surface area contributed by atoms with Gasteiger partial charge in [0.1, 0.15) is 0 Å². The Bertz CT molecular complexity index is 773. The minimum Gasteiger partial charge on any atom is -0.287 e. The summed E-state index contributed by atoms with van der Waals surface area (Å²) in [4.78, 5) is 2.18. The first-order valence-corrected chi connectivity index (χ1v) is 10.2. The Hall–Kier alpha value is -1.55. The zero-order valence-electron chi connectivity index (χ0n) is 14.0. The van der Waals surface area contributed by atoms with E-state index in [0.717, 1.165) is 5.56 Å². The number of sulfonamides is 1. The maximum absolute atomic E-state index is 12.3. The average molecular weight is 385 g/mol. The molecule has 1 saturated heterocycles. The first kappa shape index (κ1) is 18.2. The molecule has 25 heavy (non-hydrogen) atoms. The van der Waals surface area contributed by atoms with Crippen LogP contribution in [-0.4, -0.2) is 70.2 Å². The minimum absolute atomic E-state index is 0.164. The monoisotopic (exact) mass is 384 g/mol. The molecule has 1 fully saturated rings. The molecule has 0 aliphatic carbocycles. The van der Waals surface area contributed by atoms with Crippen LogP contribution < -0.4 is 0 Å². The number of nitrogens with zero attached hydrogens (tertiary/aromatic N) is 5. The standard InChI is InChI=1S/C15H21ClN6O2S/c1-2-11-25(23,24)22-9-7-21(8-10-22)14(15-17-19-20-18-15)12-3-5-13(16)6-4-12/h3-6,14H,2,7-11H2,1H3,(H,17,18,19,20). The summed E-state index contributed by atoms with van der Waals surface area (Å²) < 4.78 is 26.1. The maximum Gasteiger partial charge on any atom is 0.214 e. The number of nitrogens with one attached hydrogen (secondary N) is 1. The van der Waals surface area contributed by atoms with Gasteiger partial charge in [-0.05, 0) is 34.5 Å². The van der Waals surface area contributed by atoms with Crippen molar-refractivity contribution in [2.75, 3.05) is 31.9 Å². The fourth-order valence-electron chi connectivity index (χ4n) is 3.10. The topological polar surface area (TPSA) is 95.1 Å². The molecular weight excluding hydrogens is 364 g/mol. The number of halogens is 1. The Kier molecular flexibility index (Phi) is 5.67. The van der Waals surface area contributed by atoms with E-state index in [1.165, 1.54) is 0 Å². The van der Waals surface area contributed by atoms with Gasteiger partial charge in [0.2, 0.25) is 10.0 Å². The molecular formula is C15H21ClN6O2S. The van der Waals surface area contributed by atoms with E-state index in [9.17, 15) is 8.42 Å². The molecule has 1 aliphatic heterocycles. The quantitative estimate of drug-likeness (QED) is 0.806. The van der Waals surface area contributed by atoms with Crippen LogP contribution in [0.25, 0.3) is 0 Å². The van der Waals surface area contributed by atoms with Gasteiger partial charge in [0.25, 0.3) is 0 Å². The Labute approximate surface area is 152 Å². The van der Waals surface area contributed by atoms with Crippen LogP contribution in [-0.2, 0) is 10.0 Å². The second kappa shape index (κ2) is 7.77. The molecule has 1 aromatic heterocycles. The summed E-state index contributed by atoms with van der Waals surface area (Å²) in [6, 6.07) is 7.37. The van der Waals surface area contributed by atoms with E-state index in [1.54, 1.807) is 4.31 Å². The van der Waals surface area contributed by atoms with Gasteiger partial charge < -0.3 is 0 Å². The van der Waals surface area contributed by atoms with E-state index in [4.69, 9.17) is 11.6 Å². The fourth-order valence-corrected chi connectivity index (χ4v) is 4.72. The molecule has 1 aliphatic rings. The van der Waals surface area contributed by atoms with Crippen molar-refractivity contribution in [1.82, 2.24) is 29.8 Å². The lowest BCUT2D eigenvalue weighted by molar-refractivity contribution is 0.151. The minimum atomic E-state index is -3.17. The molecule has 0 amide bonds. The average Bonchev–Trinajstić information content (AvgIpc) is 3.11. The lowest BCUT2D eigenvalue weighted by Gasteiger charge is -2.37. The van der Waals surface area contributed by atoms with Crippen LogP contribution in [0.4, 0.5) is 0 Å².